The number of rotatable bonds is 5. The van der Waals surface area contributed by atoms with Crippen molar-refractivity contribution in [3.05, 3.63) is 16.8 Å². The SMILES string of the molecule is Cc1nnc(NC(C)CC(C)O)c(C(=O)O)c1C. The number of aliphatic hydroxyl groups excluding tert-OH is 1. The van der Waals surface area contributed by atoms with Gasteiger partial charge in [-0.15, -0.1) is 5.10 Å². The largest absolute Gasteiger partial charge is 0.478 e. The van der Waals surface area contributed by atoms with Gasteiger partial charge < -0.3 is 15.5 Å². The molecule has 1 heterocycles. The summed E-state index contributed by atoms with van der Waals surface area (Å²) in [5.41, 5.74) is 1.34. The molecule has 1 aromatic rings. The first-order chi connectivity index (χ1) is 8.32. The molecule has 0 aliphatic heterocycles. The van der Waals surface area contributed by atoms with Crippen LogP contribution in [0.2, 0.25) is 0 Å². The maximum absolute atomic E-state index is 11.2. The van der Waals surface area contributed by atoms with Crippen molar-refractivity contribution < 1.29 is 15.0 Å². The van der Waals surface area contributed by atoms with E-state index in [1.807, 2.05) is 6.92 Å². The predicted octanol–water partition coefficient (Wildman–Crippen LogP) is 1.36. The van der Waals surface area contributed by atoms with Crippen molar-refractivity contribution in [1.29, 1.82) is 0 Å². The lowest BCUT2D eigenvalue weighted by molar-refractivity contribution is 0.0696. The second-order valence-corrected chi connectivity index (χ2v) is 4.57. The molecular weight excluding hydrogens is 234 g/mol. The third-order valence-electron chi connectivity index (χ3n) is 2.75. The zero-order chi connectivity index (χ0) is 13.9. The quantitative estimate of drug-likeness (QED) is 0.733. The van der Waals surface area contributed by atoms with Crippen LogP contribution >= 0.6 is 0 Å². The molecule has 100 valence electrons. The van der Waals surface area contributed by atoms with E-state index >= 15 is 0 Å². The lowest BCUT2D eigenvalue weighted by atomic mass is 10.1. The molecule has 2 unspecified atom stereocenters. The van der Waals surface area contributed by atoms with E-state index in [9.17, 15) is 15.0 Å². The Balaban J connectivity index is 3.02. The average molecular weight is 253 g/mol. The Morgan fingerprint density at radius 3 is 2.44 bits per heavy atom. The summed E-state index contributed by atoms with van der Waals surface area (Å²) in [5.74, 6) is -0.781. The van der Waals surface area contributed by atoms with Crippen molar-refractivity contribution in [3.63, 3.8) is 0 Å². The summed E-state index contributed by atoms with van der Waals surface area (Å²) in [4.78, 5) is 11.2. The first-order valence-electron chi connectivity index (χ1n) is 5.84. The van der Waals surface area contributed by atoms with Gasteiger partial charge in [-0.3, -0.25) is 0 Å². The van der Waals surface area contributed by atoms with Gasteiger partial charge in [0.15, 0.2) is 5.82 Å². The van der Waals surface area contributed by atoms with Crippen LogP contribution in [0.3, 0.4) is 0 Å². The highest BCUT2D eigenvalue weighted by atomic mass is 16.4. The fourth-order valence-corrected chi connectivity index (χ4v) is 1.78. The minimum absolute atomic E-state index is 0.0838. The van der Waals surface area contributed by atoms with Crippen LogP contribution in [-0.2, 0) is 0 Å². The molecule has 0 bridgehead atoms. The van der Waals surface area contributed by atoms with Crippen LogP contribution in [0.1, 0.15) is 41.9 Å². The lowest BCUT2D eigenvalue weighted by Gasteiger charge is -2.18. The molecule has 3 N–H and O–H groups in total. The smallest absolute Gasteiger partial charge is 0.339 e. The molecular formula is C12H19N3O3. The molecule has 0 spiro atoms. The third kappa shape index (κ3) is 3.40. The van der Waals surface area contributed by atoms with Gasteiger partial charge in [0.1, 0.15) is 5.56 Å². The Morgan fingerprint density at radius 1 is 1.33 bits per heavy atom. The maximum Gasteiger partial charge on any atom is 0.339 e. The molecule has 0 saturated heterocycles. The Bertz CT molecular complexity index is 446. The summed E-state index contributed by atoms with van der Waals surface area (Å²) >= 11 is 0. The van der Waals surface area contributed by atoms with Gasteiger partial charge in [-0.1, -0.05) is 0 Å². The molecule has 0 aromatic carbocycles. The summed E-state index contributed by atoms with van der Waals surface area (Å²) in [6.07, 6.45) is 0.0495. The van der Waals surface area contributed by atoms with Gasteiger partial charge in [-0.2, -0.15) is 5.10 Å². The highest BCUT2D eigenvalue weighted by Crippen LogP contribution is 2.19. The van der Waals surface area contributed by atoms with Crippen LogP contribution in [-0.4, -0.2) is 38.5 Å². The summed E-state index contributed by atoms with van der Waals surface area (Å²) in [7, 11) is 0. The number of carboxylic acids is 1. The van der Waals surface area contributed by atoms with Gasteiger partial charge in [0.25, 0.3) is 0 Å². The van der Waals surface area contributed by atoms with Crippen molar-refractivity contribution in [2.45, 2.75) is 46.3 Å². The first kappa shape index (κ1) is 14.4. The molecule has 1 aromatic heterocycles. The Hall–Kier alpha value is -1.69. The molecule has 1 rings (SSSR count). The normalized spacial score (nSPS) is 14.1. The van der Waals surface area contributed by atoms with E-state index in [2.05, 4.69) is 15.5 Å². The number of hydrogen-bond donors (Lipinski definition) is 3. The van der Waals surface area contributed by atoms with Crippen LogP contribution in [0.4, 0.5) is 5.82 Å². The molecule has 6 nitrogen and oxygen atoms in total. The number of aliphatic hydroxyl groups is 1. The molecule has 0 fully saturated rings. The number of anilines is 1. The van der Waals surface area contributed by atoms with E-state index in [1.54, 1.807) is 20.8 Å². The minimum atomic E-state index is -1.03. The van der Waals surface area contributed by atoms with E-state index in [1.165, 1.54) is 0 Å². The third-order valence-corrected chi connectivity index (χ3v) is 2.75. The number of aryl methyl sites for hydroxylation is 1. The highest BCUT2D eigenvalue weighted by molar-refractivity contribution is 5.94. The topological polar surface area (TPSA) is 95.3 Å². The number of nitrogens with one attached hydrogen (secondary N) is 1. The number of aromatic nitrogens is 2. The standard InChI is InChI=1S/C12H19N3O3/c1-6(5-7(2)16)13-11-10(12(17)18)8(3)9(4)14-15-11/h6-7,16H,5H2,1-4H3,(H,13,15)(H,17,18). The van der Waals surface area contributed by atoms with Gasteiger partial charge in [0.05, 0.1) is 11.8 Å². The van der Waals surface area contributed by atoms with Gasteiger partial charge in [0.2, 0.25) is 0 Å². The molecule has 0 aliphatic rings. The molecule has 0 saturated carbocycles. The molecule has 0 amide bonds. The number of carboxylic acid groups (broad SMARTS) is 1. The summed E-state index contributed by atoms with van der Waals surface area (Å²) in [6, 6.07) is -0.0838. The highest BCUT2D eigenvalue weighted by Gasteiger charge is 2.19. The van der Waals surface area contributed by atoms with Crippen molar-refractivity contribution in [1.82, 2.24) is 10.2 Å². The monoisotopic (exact) mass is 253 g/mol. The second-order valence-electron chi connectivity index (χ2n) is 4.57. The Kier molecular flexibility index (Phi) is 4.61. The maximum atomic E-state index is 11.2. The van der Waals surface area contributed by atoms with Crippen molar-refractivity contribution in [3.8, 4) is 0 Å². The fraction of sp³-hybridized carbons (Fsp3) is 0.583. The molecule has 0 radical (unpaired) electrons. The molecule has 18 heavy (non-hydrogen) atoms. The predicted molar refractivity (Wildman–Crippen MR) is 67.8 cm³/mol. The molecule has 6 heteroatoms. The number of carbonyl (C=O) groups is 1. The summed E-state index contributed by atoms with van der Waals surface area (Å²) in [6.45, 7) is 6.97. The zero-order valence-electron chi connectivity index (χ0n) is 11.1. The van der Waals surface area contributed by atoms with Gasteiger partial charge in [-0.05, 0) is 39.7 Å². The summed E-state index contributed by atoms with van der Waals surface area (Å²) in [5, 5.41) is 29.3. The van der Waals surface area contributed by atoms with Crippen LogP contribution in [0, 0.1) is 13.8 Å². The van der Waals surface area contributed by atoms with E-state index in [4.69, 9.17) is 0 Å². The first-order valence-corrected chi connectivity index (χ1v) is 5.84. The second kappa shape index (κ2) is 5.77. The number of hydrogen-bond acceptors (Lipinski definition) is 5. The Labute approximate surface area is 106 Å². The van der Waals surface area contributed by atoms with Gasteiger partial charge >= 0.3 is 5.97 Å². The lowest BCUT2D eigenvalue weighted by Crippen LogP contribution is -2.23. The van der Waals surface area contributed by atoms with E-state index in [-0.39, 0.29) is 17.4 Å². The number of nitrogens with zero attached hydrogens (tertiary/aromatic N) is 2. The van der Waals surface area contributed by atoms with Crippen LogP contribution in [0.5, 0.6) is 0 Å². The van der Waals surface area contributed by atoms with E-state index in [0.29, 0.717) is 17.7 Å². The van der Waals surface area contributed by atoms with Crippen LogP contribution in [0.15, 0.2) is 0 Å². The van der Waals surface area contributed by atoms with E-state index < -0.39 is 12.1 Å². The van der Waals surface area contributed by atoms with Gasteiger partial charge in [0, 0.05) is 6.04 Å². The summed E-state index contributed by atoms with van der Waals surface area (Å²) < 4.78 is 0. The number of aromatic carboxylic acids is 1. The molecule has 2 atom stereocenters. The average Bonchev–Trinajstić information content (AvgIpc) is 2.21. The van der Waals surface area contributed by atoms with Crippen molar-refractivity contribution >= 4 is 11.8 Å². The van der Waals surface area contributed by atoms with E-state index in [0.717, 1.165) is 0 Å². The minimum Gasteiger partial charge on any atom is -0.478 e. The van der Waals surface area contributed by atoms with Crippen molar-refractivity contribution in [2.75, 3.05) is 5.32 Å². The Morgan fingerprint density at radius 2 is 1.94 bits per heavy atom. The van der Waals surface area contributed by atoms with Crippen LogP contribution < -0.4 is 5.32 Å². The van der Waals surface area contributed by atoms with Crippen LogP contribution in [0.25, 0.3) is 0 Å². The zero-order valence-corrected chi connectivity index (χ0v) is 11.1. The fourth-order valence-electron chi connectivity index (χ4n) is 1.78. The van der Waals surface area contributed by atoms with Crippen molar-refractivity contribution in [2.24, 2.45) is 0 Å². The molecule has 0 aliphatic carbocycles. The van der Waals surface area contributed by atoms with Gasteiger partial charge in [-0.25, -0.2) is 4.79 Å².